The number of hydrogen-bond donors (Lipinski definition) is 0. The van der Waals surface area contributed by atoms with Crippen LogP contribution in [0.25, 0.3) is 0 Å². The maximum atomic E-state index is 8.27. The second-order valence-corrected chi connectivity index (χ2v) is 1.46. The molecule has 0 aliphatic heterocycles. The van der Waals surface area contributed by atoms with Crippen LogP contribution in [0.4, 0.5) is 0 Å². The Hall–Kier alpha value is -2.08. The third-order valence-electron chi connectivity index (χ3n) is 0.826. The average Bonchev–Trinajstić information content (AvgIpc) is 2.08. The van der Waals surface area contributed by atoms with E-state index < -0.39 is 12.2 Å². The molecule has 0 aliphatic rings. The van der Waals surface area contributed by atoms with Gasteiger partial charge in [0.05, 0.1) is 6.07 Å². The van der Waals surface area contributed by atoms with Gasteiger partial charge < -0.3 is 4.74 Å². The molecule has 52 valence electrons. The highest BCUT2D eigenvalue weighted by molar-refractivity contribution is 5.30. The van der Waals surface area contributed by atoms with E-state index in [1.54, 1.807) is 6.07 Å². The van der Waals surface area contributed by atoms with Crippen LogP contribution in [0, 0.1) is 45.3 Å². The van der Waals surface area contributed by atoms with E-state index in [-0.39, 0.29) is 0 Å². The van der Waals surface area contributed by atoms with Crippen molar-refractivity contribution in [1.82, 2.24) is 0 Å². The Kier molecular flexibility index (Phi) is 3.13. The van der Waals surface area contributed by atoms with Gasteiger partial charge in [-0.15, -0.1) is 0 Å². The van der Waals surface area contributed by atoms with Gasteiger partial charge in [0.25, 0.3) is 0 Å². The first-order chi connectivity index (χ1) is 5.24. The number of rotatable bonds is 2. The Morgan fingerprint density at radius 2 is 1.45 bits per heavy atom. The minimum Gasteiger partial charge on any atom is -0.322 e. The second-order valence-electron chi connectivity index (χ2n) is 1.46. The van der Waals surface area contributed by atoms with Crippen molar-refractivity contribution in [2.24, 2.45) is 0 Å². The third kappa shape index (κ3) is 1.95. The molecule has 0 radical (unpaired) electrons. The van der Waals surface area contributed by atoms with Crippen LogP contribution in [0.1, 0.15) is 0 Å². The van der Waals surface area contributed by atoms with E-state index in [0.29, 0.717) is 0 Å². The van der Waals surface area contributed by atoms with Crippen molar-refractivity contribution in [1.29, 1.82) is 21.0 Å². The summed E-state index contributed by atoms with van der Waals surface area (Å²) in [6.07, 6.45) is 0. The summed E-state index contributed by atoms with van der Waals surface area (Å²) >= 11 is 0. The van der Waals surface area contributed by atoms with Crippen molar-refractivity contribution < 1.29 is 4.74 Å². The molecule has 0 N–H and O–H groups in total. The zero-order chi connectivity index (χ0) is 8.74. The van der Waals surface area contributed by atoms with Gasteiger partial charge in [-0.1, -0.05) is 0 Å². The van der Waals surface area contributed by atoms with Gasteiger partial charge in [0.15, 0.2) is 0 Å². The maximum absolute atomic E-state index is 8.27. The summed E-state index contributed by atoms with van der Waals surface area (Å²) in [6, 6.07) is 5.61. The molecular weight excluding hydrogens is 144 g/mol. The van der Waals surface area contributed by atoms with E-state index in [4.69, 9.17) is 21.0 Å². The predicted octanol–water partition coefficient (Wildman–Crippen LogP) is -0.164. The molecule has 0 bridgehead atoms. The molecule has 5 heteroatoms. The van der Waals surface area contributed by atoms with Crippen molar-refractivity contribution in [2.75, 3.05) is 6.61 Å². The molecule has 0 aliphatic carbocycles. The van der Waals surface area contributed by atoms with E-state index >= 15 is 0 Å². The monoisotopic (exact) mass is 146 g/mol. The molecule has 0 unspecified atom stereocenters. The van der Waals surface area contributed by atoms with Gasteiger partial charge in [0.2, 0.25) is 0 Å². The van der Waals surface area contributed by atoms with E-state index in [9.17, 15) is 0 Å². The van der Waals surface area contributed by atoms with Gasteiger partial charge in [-0.25, -0.2) is 0 Å². The zero-order valence-electron chi connectivity index (χ0n) is 5.40. The Morgan fingerprint density at radius 1 is 1.00 bits per heavy atom. The Labute approximate surface area is 63.2 Å². The van der Waals surface area contributed by atoms with Crippen molar-refractivity contribution in [2.45, 2.75) is 5.60 Å². The second kappa shape index (κ2) is 3.85. The number of ether oxygens (including phenoxy) is 1. The van der Waals surface area contributed by atoms with Crippen molar-refractivity contribution in [3.05, 3.63) is 0 Å². The maximum Gasteiger partial charge on any atom is 0.329 e. The summed E-state index contributed by atoms with van der Waals surface area (Å²) in [5.41, 5.74) is -2.13. The molecule has 0 heterocycles. The highest BCUT2D eigenvalue weighted by atomic mass is 16.5. The van der Waals surface area contributed by atoms with Crippen LogP contribution in [-0.2, 0) is 4.74 Å². The molecule has 11 heavy (non-hydrogen) atoms. The lowest BCUT2D eigenvalue weighted by molar-refractivity contribution is 0.105. The molecule has 0 fully saturated rings. The molecule has 0 saturated heterocycles. The van der Waals surface area contributed by atoms with Gasteiger partial charge in [0, 0.05) is 0 Å². The first kappa shape index (κ1) is 8.92. The lowest BCUT2D eigenvalue weighted by Crippen LogP contribution is -2.26. The predicted molar refractivity (Wildman–Crippen MR) is 31.1 cm³/mol. The summed E-state index contributed by atoms with van der Waals surface area (Å²) < 4.78 is 4.38. The Morgan fingerprint density at radius 3 is 1.73 bits per heavy atom. The van der Waals surface area contributed by atoms with Crippen LogP contribution in [0.15, 0.2) is 0 Å². The minimum absolute atomic E-state index is 0.450. The smallest absolute Gasteiger partial charge is 0.322 e. The van der Waals surface area contributed by atoms with Crippen LogP contribution in [0.5, 0.6) is 0 Å². The summed E-state index contributed by atoms with van der Waals surface area (Å²) in [6.45, 7) is -0.450. The third-order valence-corrected chi connectivity index (χ3v) is 0.826. The normalized spacial score (nSPS) is 8.36. The molecule has 0 aromatic carbocycles. The number of hydrogen-bond acceptors (Lipinski definition) is 5. The highest BCUT2D eigenvalue weighted by Crippen LogP contribution is 2.05. The highest BCUT2D eigenvalue weighted by Gasteiger charge is 2.30. The summed E-state index contributed by atoms with van der Waals surface area (Å²) in [5.74, 6) is 0. The van der Waals surface area contributed by atoms with E-state index in [0.717, 1.165) is 0 Å². The fourth-order valence-corrected chi connectivity index (χ4v) is 0.312. The van der Waals surface area contributed by atoms with Crippen LogP contribution >= 0.6 is 0 Å². The molecule has 0 atom stereocenters. The van der Waals surface area contributed by atoms with Crippen LogP contribution < -0.4 is 0 Å². The molecular formula is C6H2N4O. The van der Waals surface area contributed by atoms with Crippen LogP contribution in [-0.4, -0.2) is 12.2 Å². The molecule has 0 saturated carbocycles. The Bertz CT molecular complexity index is 258. The number of nitrogens with zero attached hydrogens (tertiary/aromatic N) is 4. The largest absolute Gasteiger partial charge is 0.329 e. The van der Waals surface area contributed by atoms with Gasteiger partial charge in [-0.2, -0.15) is 21.0 Å². The molecule has 0 spiro atoms. The van der Waals surface area contributed by atoms with Gasteiger partial charge in [-0.3, -0.25) is 0 Å². The standard InChI is InChI=1S/C6H2N4O/c7-1-2-11-6(3-8,4-9)5-10/h2H2. The number of nitriles is 4. The van der Waals surface area contributed by atoms with Crippen molar-refractivity contribution in [3.8, 4) is 24.3 Å². The molecule has 0 aromatic rings. The molecule has 0 amide bonds. The molecule has 5 nitrogen and oxygen atoms in total. The van der Waals surface area contributed by atoms with E-state index in [2.05, 4.69) is 4.74 Å². The van der Waals surface area contributed by atoms with Crippen LogP contribution in [0.3, 0.4) is 0 Å². The fourth-order valence-electron chi connectivity index (χ4n) is 0.312. The average molecular weight is 146 g/mol. The summed E-state index contributed by atoms with van der Waals surface area (Å²) in [5, 5.41) is 32.8. The Balaban J connectivity index is 4.44. The summed E-state index contributed by atoms with van der Waals surface area (Å²) in [7, 11) is 0. The first-order valence-corrected chi connectivity index (χ1v) is 2.49. The van der Waals surface area contributed by atoms with Crippen LogP contribution in [0.2, 0.25) is 0 Å². The lowest BCUT2D eigenvalue weighted by Gasteiger charge is -2.05. The summed E-state index contributed by atoms with van der Waals surface area (Å²) in [4.78, 5) is 0. The topological polar surface area (TPSA) is 104 Å². The van der Waals surface area contributed by atoms with Gasteiger partial charge >= 0.3 is 5.60 Å². The molecule has 0 aromatic heterocycles. The van der Waals surface area contributed by atoms with Gasteiger partial charge in [-0.05, 0) is 0 Å². The van der Waals surface area contributed by atoms with Crippen molar-refractivity contribution in [3.63, 3.8) is 0 Å². The molecule has 0 rings (SSSR count). The lowest BCUT2D eigenvalue weighted by atomic mass is 10.1. The van der Waals surface area contributed by atoms with E-state index in [1.165, 1.54) is 18.2 Å². The van der Waals surface area contributed by atoms with Crippen molar-refractivity contribution >= 4 is 0 Å². The van der Waals surface area contributed by atoms with Gasteiger partial charge in [0.1, 0.15) is 24.8 Å². The fraction of sp³-hybridized carbons (Fsp3) is 0.333. The first-order valence-electron chi connectivity index (χ1n) is 2.49. The van der Waals surface area contributed by atoms with E-state index in [1.807, 2.05) is 0 Å². The minimum atomic E-state index is -2.13. The zero-order valence-corrected chi connectivity index (χ0v) is 5.40. The quantitative estimate of drug-likeness (QED) is 0.538. The SMILES string of the molecule is N#CCOC(C#N)(C#N)C#N.